The molecular weight excluding hydrogens is 158 g/mol. The number of rotatable bonds is 2. The molecule has 4 heteroatoms. The third-order valence-corrected chi connectivity index (χ3v) is 4.09. The van der Waals surface area contributed by atoms with Crippen molar-refractivity contribution in [3.05, 3.63) is 30.3 Å². The minimum absolute atomic E-state index is 0.497. The maximum Gasteiger partial charge on any atom is 0.449 e. The van der Waals surface area contributed by atoms with Gasteiger partial charge in [0.15, 0.2) is 0 Å². The summed E-state index contributed by atoms with van der Waals surface area (Å²) in [6.07, 6.45) is 0.497. The second-order valence-corrected chi connectivity index (χ2v) is 5.31. The van der Waals surface area contributed by atoms with E-state index in [1.54, 1.807) is 0 Å². The molecule has 1 aliphatic heterocycles. The number of hydrogen-bond donors (Lipinski definition) is 1. The van der Waals surface area contributed by atoms with Gasteiger partial charge in [0.05, 0.1) is 0 Å². The van der Waals surface area contributed by atoms with Crippen LogP contribution in [0.5, 0.6) is 0 Å². The molecular formula is C7H9NO2Si. The van der Waals surface area contributed by atoms with E-state index in [4.69, 9.17) is 14.9 Å². The van der Waals surface area contributed by atoms with Gasteiger partial charge in [-0.2, -0.15) is 0 Å². The Labute approximate surface area is 65.9 Å². The first-order chi connectivity index (χ1) is 5.37. The lowest BCUT2D eigenvalue weighted by molar-refractivity contribution is 0.0850. The number of hydrogen-bond acceptors (Lipinski definition) is 3. The first kappa shape index (κ1) is 6.99. The largest absolute Gasteiger partial charge is 0.449 e. The molecule has 1 aromatic carbocycles. The van der Waals surface area contributed by atoms with Crippen molar-refractivity contribution in [3.63, 3.8) is 0 Å². The fourth-order valence-corrected chi connectivity index (χ4v) is 2.69. The molecule has 0 atom stereocenters. The van der Waals surface area contributed by atoms with Gasteiger partial charge in [-0.1, -0.05) is 30.3 Å². The van der Waals surface area contributed by atoms with Crippen LogP contribution in [0.2, 0.25) is 0 Å². The van der Waals surface area contributed by atoms with Gasteiger partial charge >= 0.3 is 8.56 Å². The van der Waals surface area contributed by atoms with Crippen molar-refractivity contribution < 1.29 is 9.15 Å². The molecule has 1 heterocycles. The summed E-state index contributed by atoms with van der Waals surface area (Å²) < 4.78 is 9.89. The molecule has 0 bridgehead atoms. The molecule has 58 valence electrons. The Kier molecular flexibility index (Phi) is 1.54. The van der Waals surface area contributed by atoms with Crippen LogP contribution in [-0.4, -0.2) is 14.7 Å². The van der Waals surface area contributed by atoms with Gasteiger partial charge in [0, 0.05) is 6.17 Å². The Morgan fingerprint density at radius 2 is 1.82 bits per heavy atom. The van der Waals surface area contributed by atoms with Crippen molar-refractivity contribution in [1.29, 1.82) is 0 Å². The summed E-state index contributed by atoms with van der Waals surface area (Å²) in [6, 6.07) is 9.87. The van der Waals surface area contributed by atoms with Crippen molar-refractivity contribution in [3.8, 4) is 0 Å². The normalized spacial score (nSPS) is 19.7. The highest BCUT2D eigenvalue weighted by Gasteiger charge is 2.54. The van der Waals surface area contributed by atoms with Crippen LogP contribution in [0.3, 0.4) is 0 Å². The van der Waals surface area contributed by atoms with Gasteiger partial charge in [-0.05, 0) is 5.19 Å². The van der Waals surface area contributed by atoms with Crippen LogP contribution in [0.25, 0.3) is 0 Å². The molecule has 0 aromatic heterocycles. The number of nitrogens with two attached hydrogens (primary N) is 1. The molecule has 1 aliphatic rings. The van der Waals surface area contributed by atoms with E-state index in [1.165, 1.54) is 0 Å². The maximum absolute atomic E-state index is 5.51. The van der Waals surface area contributed by atoms with E-state index in [1.807, 2.05) is 30.3 Å². The monoisotopic (exact) mass is 167 g/mol. The lowest BCUT2D eigenvalue weighted by atomic mass is 10.4. The Bertz CT molecular complexity index is 248. The fourth-order valence-electron chi connectivity index (χ4n) is 1.02. The van der Waals surface area contributed by atoms with Crippen LogP contribution in [-0.2, 0) is 9.15 Å². The molecule has 3 nitrogen and oxygen atoms in total. The van der Waals surface area contributed by atoms with Crippen LogP contribution in [0.4, 0.5) is 0 Å². The van der Waals surface area contributed by atoms with Gasteiger partial charge in [0.1, 0.15) is 0 Å². The Hall–Kier alpha value is -0.683. The Morgan fingerprint density at radius 1 is 1.18 bits per heavy atom. The standard InChI is InChI=1S/C7H9NO2Si/c8-6-11(9-10-11)7-4-2-1-3-5-7/h1-5H,6,8H2. The van der Waals surface area contributed by atoms with Gasteiger partial charge in [-0.15, -0.1) is 0 Å². The molecule has 0 amide bonds. The Balaban J connectivity index is 2.30. The van der Waals surface area contributed by atoms with Gasteiger partial charge in [-0.25, -0.2) is 9.15 Å². The summed E-state index contributed by atoms with van der Waals surface area (Å²) in [4.78, 5) is 0. The molecule has 0 saturated carbocycles. The van der Waals surface area contributed by atoms with Gasteiger partial charge < -0.3 is 5.73 Å². The zero-order valence-electron chi connectivity index (χ0n) is 5.99. The molecule has 0 radical (unpaired) electrons. The van der Waals surface area contributed by atoms with Gasteiger partial charge in [0.2, 0.25) is 0 Å². The van der Waals surface area contributed by atoms with Crippen molar-refractivity contribution in [2.45, 2.75) is 0 Å². The Morgan fingerprint density at radius 3 is 2.27 bits per heavy atom. The zero-order chi connectivity index (χ0) is 7.73. The molecule has 1 fully saturated rings. The van der Waals surface area contributed by atoms with Gasteiger partial charge in [0.25, 0.3) is 0 Å². The second kappa shape index (κ2) is 2.42. The quantitative estimate of drug-likeness (QED) is 0.377. The second-order valence-electron chi connectivity index (χ2n) is 2.49. The molecule has 0 spiro atoms. The smallest absolute Gasteiger partial charge is 0.328 e. The summed E-state index contributed by atoms with van der Waals surface area (Å²) in [7, 11) is -2.03. The van der Waals surface area contributed by atoms with Crippen LogP contribution < -0.4 is 10.9 Å². The average Bonchev–Trinajstić information content (AvgIpc) is 2.86. The molecule has 0 aliphatic carbocycles. The van der Waals surface area contributed by atoms with Crippen molar-refractivity contribution in [2.75, 3.05) is 6.17 Å². The van der Waals surface area contributed by atoms with Crippen LogP contribution in [0.1, 0.15) is 0 Å². The lowest BCUT2D eigenvalue weighted by Gasteiger charge is -1.98. The average molecular weight is 167 g/mol. The van der Waals surface area contributed by atoms with E-state index < -0.39 is 8.56 Å². The summed E-state index contributed by atoms with van der Waals surface area (Å²) in [6.45, 7) is 0. The van der Waals surface area contributed by atoms with E-state index in [0.29, 0.717) is 6.17 Å². The van der Waals surface area contributed by atoms with Crippen LogP contribution >= 0.6 is 0 Å². The van der Waals surface area contributed by atoms with Crippen LogP contribution in [0, 0.1) is 0 Å². The third kappa shape index (κ3) is 1.10. The van der Waals surface area contributed by atoms with Crippen molar-refractivity contribution in [2.24, 2.45) is 5.73 Å². The van der Waals surface area contributed by atoms with Crippen molar-refractivity contribution in [1.82, 2.24) is 0 Å². The minimum Gasteiger partial charge on any atom is -0.328 e. The predicted octanol–water partition coefficient (Wildman–Crippen LogP) is -0.205. The van der Waals surface area contributed by atoms with E-state index >= 15 is 0 Å². The molecule has 2 N–H and O–H groups in total. The molecule has 11 heavy (non-hydrogen) atoms. The third-order valence-electron chi connectivity index (χ3n) is 1.77. The maximum atomic E-state index is 5.51. The van der Waals surface area contributed by atoms with E-state index in [0.717, 1.165) is 5.19 Å². The van der Waals surface area contributed by atoms with Crippen molar-refractivity contribution >= 4 is 13.7 Å². The first-order valence-electron chi connectivity index (χ1n) is 3.50. The summed E-state index contributed by atoms with van der Waals surface area (Å²) >= 11 is 0. The molecule has 1 saturated heterocycles. The van der Waals surface area contributed by atoms with E-state index in [2.05, 4.69) is 0 Å². The number of benzene rings is 1. The topological polar surface area (TPSA) is 51.1 Å². The first-order valence-corrected chi connectivity index (χ1v) is 5.52. The van der Waals surface area contributed by atoms with Gasteiger partial charge in [-0.3, -0.25) is 0 Å². The highest BCUT2D eigenvalue weighted by atomic mass is 28.4. The zero-order valence-corrected chi connectivity index (χ0v) is 6.99. The summed E-state index contributed by atoms with van der Waals surface area (Å²) in [5, 5.41) is 1.11. The highest BCUT2D eigenvalue weighted by molar-refractivity contribution is 6.85. The van der Waals surface area contributed by atoms with Crippen LogP contribution in [0.15, 0.2) is 30.3 Å². The minimum atomic E-state index is -2.03. The molecule has 0 unspecified atom stereocenters. The van der Waals surface area contributed by atoms with E-state index in [9.17, 15) is 0 Å². The predicted molar refractivity (Wildman–Crippen MR) is 43.1 cm³/mol. The van der Waals surface area contributed by atoms with E-state index in [-0.39, 0.29) is 0 Å². The molecule has 1 aromatic rings. The summed E-state index contributed by atoms with van der Waals surface area (Å²) in [5.41, 5.74) is 5.51. The highest BCUT2D eigenvalue weighted by Crippen LogP contribution is 2.20. The fraction of sp³-hybridized carbons (Fsp3) is 0.143. The lowest BCUT2D eigenvalue weighted by Crippen LogP contribution is -2.42. The SMILES string of the molecule is NC[Si]1(c2ccccc2)OO1. The molecule has 2 rings (SSSR count). The summed E-state index contributed by atoms with van der Waals surface area (Å²) in [5.74, 6) is 0.